The summed E-state index contributed by atoms with van der Waals surface area (Å²) >= 11 is 0. The van der Waals surface area contributed by atoms with Crippen LogP contribution in [-0.4, -0.2) is 24.2 Å². The number of nitro benzene ring substituents is 1. The first-order chi connectivity index (χ1) is 9.08. The molecule has 1 N–H and O–H groups in total. The minimum absolute atomic E-state index is 0.111. The first-order valence-electron chi connectivity index (χ1n) is 6.36. The summed E-state index contributed by atoms with van der Waals surface area (Å²) in [5, 5.41) is 13.6. The zero-order valence-electron chi connectivity index (χ0n) is 10.8. The van der Waals surface area contributed by atoms with Gasteiger partial charge < -0.3 is 10.1 Å². The molecule has 0 aromatic heterocycles. The molecule has 5 nitrogen and oxygen atoms in total. The highest BCUT2D eigenvalue weighted by Crippen LogP contribution is 2.25. The minimum atomic E-state index is -0.602. The molecule has 0 spiro atoms. The third-order valence-electron chi connectivity index (χ3n) is 3.52. The number of anilines is 1. The van der Waals surface area contributed by atoms with Crippen LogP contribution in [0.4, 0.5) is 15.8 Å². The number of halogens is 1. The van der Waals surface area contributed by atoms with Crippen LogP contribution >= 0.6 is 0 Å². The molecule has 19 heavy (non-hydrogen) atoms. The molecule has 104 valence electrons. The molecule has 0 amide bonds. The smallest absolute Gasteiger partial charge is 0.272 e. The maximum absolute atomic E-state index is 13.7. The number of nitrogens with zero attached hydrogens (tertiary/aromatic N) is 1. The summed E-state index contributed by atoms with van der Waals surface area (Å²) in [5.74, 6) is -0.156. The van der Waals surface area contributed by atoms with E-state index >= 15 is 0 Å². The van der Waals surface area contributed by atoms with Crippen LogP contribution in [0.25, 0.3) is 0 Å². The van der Waals surface area contributed by atoms with Crippen LogP contribution in [0.2, 0.25) is 0 Å². The monoisotopic (exact) mass is 268 g/mol. The average molecular weight is 268 g/mol. The van der Waals surface area contributed by atoms with Crippen LogP contribution in [0.5, 0.6) is 0 Å². The molecule has 1 aliphatic heterocycles. The van der Waals surface area contributed by atoms with Crippen LogP contribution in [0, 0.1) is 21.8 Å². The fraction of sp³-hybridized carbons (Fsp3) is 0.538. The van der Waals surface area contributed by atoms with E-state index in [0.29, 0.717) is 11.6 Å². The van der Waals surface area contributed by atoms with Gasteiger partial charge in [-0.15, -0.1) is 0 Å². The predicted octanol–water partition coefficient (Wildman–Crippen LogP) is 2.96. The molecule has 1 aliphatic rings. The van der Waals surface area contributed by atoms with Gasteiger partial charge in [0, 0.05) is 25.3 Å². The Morgan fingerprint density at radius 1 is 1.47 bits per heavy atom. The number of hydrogen-bond acceptors (Lipinski definition) is 4. The van der Waals surface area contributed by atoms with E-state index in [2.05, 4.69) is 5.32 Å². The van der Waals surface area contributed by atoms with E-state index in [9.17, 15) is 14.5 Å². The van der Waals surface area contributed by atoms with Gasteiger partial charge >= 0.3 is 0 Å². The quantitative estimate of drug-likeness (QED) is 0.673. The summed E-state index contributed by atoms with van der Waals surface area (Å²) in [6, 6.07) is 3.78. The maximum atomic E-state index is 13.7. The lowest BCUT2D eigenvalue weighted by Gasteiger charge is -2.29. The van der Waals surface area contributed by atoms with Gasteiger partial charge in [0.15, 0.2) is 5.82 Å². The van der Waals surface area contributed by atoms with Gasteiger partial charge in [-0.3, -0.25) is 10.1 Å². The molecule has 1 fully saturated rings. The third kappa shape index (κ3) is 3.41. The Morgan fingerprint density at radius 2 is 2.16 bits per heavy atom. The van der Waals surface area contributed by atoms with Gasteiger partial charge in [-0.2, -0.15) is 0 Å². The molecule has 0 saturated carbocycles. The van der Waals surface area contributed by atoms with E-state index in [1.165, 1.54) is 12.1 Å². The van der Waals surface area contributed by atoms with E-state index < -0.39 is 10.7 Å². The number of nitrogens with one attached hydrogen (secondary N) is 1. The molecule has 0 bridgehead atoms. The van der Waals surface area contributed by atoms with Crippen LogP contribution in [0.3, 0.4) is 0 Å². The topological polar surface area (TPSA) is 64.4 Å². The highest BCUT2D eigenvalue weighted by atomic mass is 19.1. The van der Waals surface area contributed by atoms with Crippen molar-refractivity contribution >= 4 is 11.4 Å². The number of hydrogen-bond donors (Lipinski definition) is 1. The fourth-order valence-electron chi connectivity index (χ4n) is 2.31. The van der Waals surface area contributed by atoms with Crippen molar-refractivity contribution < 1.29 is 14.1 Å². The van der Waals surface area contributed by atoms with Crippen LogP contribution in [-0.2, 0) is 4.74 Å². The average Bonchev–Trinajstić information content (AvgIpc) is 2.41. The summed E-state index contributed by atoms with van der Waals surface area (Å²) < 4.78 is 19.0. The van der Waals surface area contributed by atoms with Crippen molar-refractivity contribution in [3.63, 3.8) is 0 Å². The molecule has 1 atom stereocenters. The van der Waals surface area contributed by atoms with Gasteiger partial charge in [0.1, 0.15) is 0 Å². The molecule has 1 saturated heterocycles. The molecular weight excluding hydrogens is 251 g/mol. The van der Waals surface area contributed by atoms with Crippen molar-refractivity contribution in [2.75, 3.05) is 18.5 Å². The normalized spacial score (nSPS) is 18.0. The molecule has 0 radical (unpaired) electrons. The highest BCUT2D eigenvalue weighted by Gasteiger charge is 2.21. The molecule has 1 unspecified atom stereocenters. The molecule has 1 aromatic carbocycles. The summed E-state index contributed by atoms with van der Waals surface area (Å²) in [4.78, 5) is 9.94. The first-order valence-corrected chi connectivity index (χ1v) is 6.36. The molecule has 1 heterocycles. The predicted molar refractivity (Wildman–Crippen MR) is 69.7 cm³/mol. The summed E-state index contributed by atoms with van der Waals surface area (Å²) in [6.07, 6.45) is 1.89. The Hall–Kier alpha value is -1.69. The molecule has 0 aliphatic carbocycles. The Kier molecular flexibility index (Phi) is 4.31. The number of benzene rings is 1. The molecular formula is C13H17FN2O3. The number of ether oxygens (including phenoxy) is 1. The number of non-ortho nitro benzene ring substituents is 1. The zero-order valence-corrected chi connectivity index (χ0v) is 10.8. The van der Waals surface area contributed by atoms with Crippen molar-refractivity contribution in [1.29, 1.82) is 0 Å². The van der Waals surface area contributed by atoms with Crippen molar-refractivity contribution in [2.24, 2.45) is 5.92 Å². The van der Waals surface area contributed by atoms with Crippen molar-refractivity contribution in [3.8, 4) is 0 Å². The Bertz CT molecular complexity index is 461. The lowest BCUT2D eigenvalue weighted by atomic mass is 9.93. The second kappa shape index (κ2) is 5.97. The molecule has 1 aromatic rings. The first kappa shape index (κ1) is 13.7. The van der Waals surface area contributed by atoms with Gasteiger partial charge in [0.25, 0.3) is 5.69 Å². The third-order valence-corrected chi connectivity index (χ3v) is 3.52. The molecule has 6 heteroatoms. The Morgan fingerprint density at radius 3 is 2.74 bits per heavy atom. The highest BCUT2D eigenvalue weighted by molar-refractivity contribution is 5.50. The van der Waals surface area contributed by atoms with Crippen molar-refractivity contribution in [3.05, 3.63) is 34.1 Å². The lowest BCUT2D eigenvalue weighted by molar-refractivity contribution is -0.385. The number of rotatable bonds is 4. The maximum Gasteiger partial charge on any atom is 0.272 e. The van der Waals surface area contributed by atoms with Gasteiger partial charge in [0.05, 0.1) is 16.7 Å². The summed E-state index contributed by atoms with van der Waals surface area (Å²) in [6.45, 7) is 3.47. The van der Waals surface area contributed by atoms with Crippen LogP contribution in [0.15, 0.2) is 18.2 Å². The second-order valence-electron chi connectivity index (χ2n) is 4.80. The van der Waals surface area contributed by atoms with E-state index in [1.54, 1.807) is 0 Å². The second-order valence-corrected chi connectivity index (χ2v) is 4.80. The zero-order chi connectivity index (χ0) is 13.8. The fourth-order valence-corrected chi connectivity index (χ4v) is 2.31. The lowest BCUT2D eigenvalue weighted by Crippen LogP contribution is -2.31. The van der Waals surface area contributed by atoms with Gasteiger partial charge in [0.2, 0.25) is 0 Å². The SMILES string of the molecule is CC(Nc1ccc([N+](=O)[O-])cc1F)C1CCOCC1. The van der Waals surface area contributed by atoms with E-state index in [4.69, 9.17) is 4.74 Å². The summed E-state index contributed by atoms with van der Waals surface area (Å²) in [7, 11) is 0. The van der Waals surface area contributed by atoms with Gasteiger partial charge in [-0.1, -0.05) is 0 Å². The largest absolute Gasteiger partial charge is 0.381 e. The Labute approximate surface area is 110 Å². The minimum Gasteiger partial charge on any atom is -0.381 e. The van der Waals surface area contributed by atoms with Crippen molar-refractivity contribution in [2.45, 2.75) is 25.8 Å². The van der Waals surface area contributed by atoms with E-state index in [1.807, 2.05) is 6.92 Å². The van der Waals surface area contributed by atoms with E-state index in [0.717, 1.165) is 32.1 Å². The van der Waals surface area contributed by atoms with Gasteiger partial charge in [-0.25, -0.2) is 4.39 Å². The van der Waals surface area contributed by atoms with E-state index in [-0.39, 0.29) is 11.7 Å². The Balaban J connectivity index is 2.03. The molecule has 2 rings (SSSR count). The van der Waals surface area contributed by atoms with Crippen molar-refractivity contribution in [1.82, 2.24) is 0 Å². The van der Waals surface area contributed by atoms with Crippen LogP contribution < -0.4 is 5.32 Å². The standard InChI is InChI=1S/C13H17FN2O3/c1-9(10-4-6-19-7-5-10)15-13-3-2-11(16(17)18)8-12(13)14/h2-3,8-10,15H,4-7H2,1H3. The van der Waals surface area contributed by atoms with Gasteiger partial charge in [-0.05, 0) is 31.7 Å². The summed E-state index contributed by atoms with van der Waals surface area (Å²) in [5.41, 5.74) is 0.0753. The number of nitro groups is 1. The van der Waals surface area contributed by atoms with Crippen LogP contribution in [0.1, 0.15) is 19.8 Å².